The van der Waals surface area contributed by atoms with Gasteiger partial charge in [0.1, 0.15) is 17.0 Å². The van der Waals surface area contributed by atoms with Crippen LogP contribution in [0.3, 0.4) is 0 Å². The zero-order chi connectivity index (χ0) is 23.1. The van der Waals surface area contributed by atoms with Gasteiger partial charge in [0.2, 0.25) is 5.91 Å². The molecule has 8 heteroatoms. The molecule has 170 valence electrons. The molecule has 0 aromatic heterocycles. The first-order chi connectivity index (χ1) is 15.0. The van der Waals surface area contributed by atoms with Crippen LogP contribution < -0.4 is 5.32 Å². The number of carbonyl (C=O) groups excluding carboxylic acids is 2. The number of nitrogens with one attached hydrogen (secondary N) is 1. The number of phenols is 2. The Morgan fingerprint density at radius 3 is 2.69 bits per heavy atom. The Morgan fingerprint density at radius 1 is 1.25 bits per heavy atom. The number of ketones is 1. The fourth-order valence-electron chi connectivity index (χ4n) is 7.09. The summed E-state index contributed by atoms with van der Waals surface area (Å²) in [6.07, 6.45) is 6.86. The number of carbonyl (C=O) groups is 3. The highest BCUT2D eigenvalue weighted by Gasteiger charge is 2.71. The first-order valence-electron chi connectivity index (χ1n) is 11.0. The van der Waals surface area contributed by atoms with Gasteiger partial charge in [-0.3, -0.25) is 9.59 Å². The van der Waals surface area contributed by atoms with Crippen molar-refractivity contribution >= 4 is 23.3 Å². The van der Waals surface area contributed by atoms with E-state index in [1.54, 1.807) is 6.08 Å². The van der Waals surface area contributed by atoms with Crippen LogP contribution in [0.1, 0.15) is 56.3 Å². The third-order valence-electron chi connectivity index (χ3n) is 8.44. The quantitative estimate of drug-likeness (QED) is 0.516. The van der Waals surface area contributed by atoms with Crippen LogP contribution in [0.25, 0.3) is 0 Å². The van der Waals surface area contributed by atoms with Gasteiger partial charge in [0.25, 0.3) is 0 Å². The first kappa shape index (κ1) is 21.0. The van der Waals surface area contributed by atoms with Gasteiger partial charge in [-0.25, -0.2) is 4.79 Å². The van der Waals surface area contributed by atoms with Crippen molar-refractivity contribution in [3.8, 4) is 11.5 Å². The lowest BCUT2D eigenvalue weighted by Crippen LogP contribution is -2.56. The molecule has 32 heavy (non-hydrogen) atoms. The fraction of sp³-hybridized carbons (Fsp3) is 0.542. The zero-order valence-electron chi connectivity index (χ0n) is 18.1. The van der Waals surface area contributed by atoms with Crippen LogP contribution in [-0.2, 0) is 14.3 Å². The van der Waals surface area contributed by atoms with Crippen LogP contribution in [0.5, 0.6) is 11.5 Å². The smallest absolute Gasteiger partial charge is 0.339 e. The van der Waals surface area contributed by atoms with Crippen molar-refractivity contribution in [2.45, 2.75) is 57.7 Å². The molecule has 6 atom stereocenters. The van der Waals surface area contributed by atoms with E-state index in [2.05, 4.69) is 18.3 Å². The molecular formula is C24H27NO7. The average Bonchev–Trinajstić information content (AvgIpc) is 3.08. The van der Waals surface area contributed by atoms with E-state index in [1.165, 1.54) is 0 Å². The Kier molecular flexibility index (Phi) is 4.31. The van der Waals surface area contributed by atoms with Crippen LogP contribution in [0.15, 0.2) is 24.3 Å². The monoisotopic (exact) mass is 441 g/mol. The summed E-state index contributed by atoms with van der Waals surface area (Å²) in [7, 11) is 0. The van der Waals surface area contributed by atoms with E-state index >= 15 is 0 Å². The van der Waals surface area contributed by atoms with Gasteiger partial charge in [-0.05, 0) is 62.1 Å². The second-order valence-electron chi connectivity index (χ2n) is 10.3. The van der Waals surface area contributed by atoms with Crippen molar-refractivity contribution in [3.63, 3.8) is 0 Å². The average molecular weight is 441 g/mol. The normalized spacial score (nSPS) is 38.7. The molecule has 1 aromatic carbocycles. The van der Waals surface area contributed by atoms with Gasteiger partial charge in [0, 0.05) is 17.8 Å². The Labute approximate surface area is 185 Å². The van der Waals surface area contributed by atoms with Gasteiger partial charge in [-0.2, -0.15) is 0 Å². The molecule has 3 aliphatic carbocycles. The molecule has 5 aliphatic rings. The summed E-state index contributed by atoms with van der Waals surface area (Å²) in [4.78, 5) is 37.0. The van der Waals surface area contributed by atoms with E-state index < -0.39 is 34.4 Å². The second-order valence-corrected chi connectivity index (χ2v) is 10.3. The molecule has 2 saturated carbocycles. The predicted octanol–water partition coefficient (Wildman–Crippen LogP) is 3.23. The maximum absolute atomic E-state index is 13.1. The predicted molar refractivity (Wildman–Crippen MR) is 113 cm³/mol. The lowest BCUT2D eigenvalue weighted by molar-refractivity contribution is -0.169. The summed E-state index contributed by atoms with van der Waals surface area (Å²) in [5.41, 5.74) is -1.75. The number of allylic oxidation sites excluding steroid dienone is 2. The number of aromatic hydroxyl groups is 2. The standard InChI is InChI=1S/C24H27NO7/c1-22(7-6-17(28)25-18-14(26)4-3-13(19(18)29)21(30)31)16(27)5-8-24-10-12-9-15(20(22)24)32-23(12,2)11-24/h3-5,8,12,15,20,26,29H,6-7,9-11H2,1-2H3,(H,25,28)(H,30,31)/t12-,15+,20+,22-,23+,24+/m1/s1. The lowest BCUT2D eigenvalue weighted by Gasteiger charge is -2.55. The minimum atomic E-state index is -1.38. The van der Waals surface area contributed by atoms with Crippen LogP contribution in [0, 0.1) is 22.7 Å². The van der Waals surface area contributed by atoms with E-state index in [1.807, 2.05) is 6.92 Å². The van der Waals surface area contributed by atoms with E-state index in [9.17, 15) is 24.6 Å². The summed E-state index contributed by atoms with van der Waals surface area (Å²) in [5, 5.41) is 31.7. The highest BCUT2D eigenvalue weighted by atomic mass is 16.5. The van der Waals surface area contributed by atoms with Crippen molar-refractivity contribution in [2.75, 3.05) is 5.32 Å². The largest absolute Gasteiger partial charge is 0.506 e. The third kappa shape index (κ3) is 2.75. The number of amides is 1. The van der Waals surface area contributed by atoms with E-state index in [0.29, 0.717) is 5.92 Å². The maximum Gasteiger partial charge on any atom is 0.339 e. The number of ether oxygens (including phenoxy) is 1. The summed E-state index contributed by atoms with van der Waals surface area (Å²) in [6.45, 7) is 4.08. The van der Waals surface area contributed by atoms with Gasteiger partial charge in [0.15, 0.2) is 11.5 Å². The number of rotatable bonds is 5. The molecule has 1 aromatic rings. The molecule has 6 rings (SSSR count). The maximum atomic E-state index is 13.1. The molecule has 1 amide bonds. The third-order valence-corrected chi connectivity index (χ3v) is 8.44. The van der Waals surface area contributed by atoms with E-state index in [0.717, 1.165) is 31.4 Å². The molecule has 2 heterocycles. The molecule has 0 unspecified atom stereocenters. The summed E-state index contributed by atoms with van der Waals surface area (Å²) in [5.74, 6) is -2.55. The van der Waals surface area contributed by atoms with E-state index in [4.69, 9.17) is 9.84 Å². The highest BCUT2D eigenvalue weighted by Crippen LogP contribution is 2.71. The van der Waals surface area contributed by atoms with Crippen molar-refractivity contribution in [2.24, 2.45) is 22.7 Å². The van der Waals surface area contributed by atoms with Crippen molar-refractivity contribution in [1.29, 1.82) is 0 Å². The highest BCUT2D eigenvalue weighted by molar-refractivity contribution is 6.00. The lowest BCUT2D eigenvalue weighted by atomic mass is 9.51. The number of carboxylic acids is 1. The van der Waals surface area contributed by atoms with Gasteiger partial charge < -0.3 is 25.4 Å². The number of hydrogen-bond acceptors (Lipinski definition) is 6. The minimum Gasteiger partial charge on any atom is -0.506 e. The summed E-state index contributed by atoms with van der Waals surface area (Å²) < 4.78 is 6.41. The topological polar surface area (TPSA) is 133 Å². The Hall–Kier alpha value is -2.87. The summed E-state index contributed by atoms with van der Waals surface area (Å²) >= 11 is 0. The zero-order valence-corrected chi connectivity index (χ0v) is 18.1. The van der Waals surface area contributed by atoms with E-state index in [-0.39, 0.29) is 47.4 Å². The first-order valence-corrected chi connectivity index (χ1v) is 11.0. The van der Waals surface area contributed by atoms with Crippen molar-refractivity contribution < 1.29 is 34.4 Å². The minimum absolute atomic E-state index is 0.00395. The molecule has 2 saturated heterocycles. The second kappa shape index (κ2) is 6.57. The number of aromatic carboxylic acids is 1. The molecule has 8 nitrogen and oxygen atoms in total. The van der Waals surface area contributed by atoms with Crippen LogP contribution >= 0.6 is 0 Å². The van der Waals surface area contributed by atoms with Gasteiger partial charge in [-0.15, -0.1) is 0 Å². The Morgan fingerprint density at radius 2 is 2.00 bits per heavy atom. The van der Waals surface area contributed by atoms with Crippen molar-refractivity contribution in [3.05, 3.63) is 29.8 Å². The Balaban J connectivity index is 1.36. The number of hydrogen-bond donors (Lipinski definition) is 4. The number of anilines is 1. The Bertz CT molecular complexity index is 1080. The van der Waals surface area contributed by atoms with Gasteiger partial charge in [-0.1, -0.05) is 13.0 Å². The number of carboxylic acid groups (broad SMARTS) is 1. The molecule has 2 aliphatic heterocycles. The summed E-state index contributed by atoms with van der Waals surface area (Å²) in [6, 6.07) is 2.16. The molecule has 4 bridgehead atoms. The number of benzene rings is 1. The van der Waals surface area contributed by atoms with Gasteiger partial charge in [0.05, 0.1) is 11.7 Å². The number of phenolic OH excluding ortho intramolecular Hbond substituents is 1. The SMILES string of the molecule is C[C@]12C[C@@]34C=CC(=O)[C@@](C)(CCC(=O)Nc5c(O)ccc(C(=O)O)c5O)[C@@H]3[C@H](C[C@@H]1C4)O2. The molecule has 4 fully saturated rings. The van der Waals surface area contributed by atoms with Crippen LogP contribution in [-0.4, -0.2) is 44.7 Å². The fourth-order valence-corrected chi connectivity index (χ4v) is 7.09. The van der Waals surface area contributed by atoms with Crippen molar-refractivity contribution in [1.82, 2.24) is 0 Å². The van der Waals surface area contributed by atoms with Gasteiger partial charge >= 0.3 is 5.97 Å². The molecule has 4 N–H and O–H groups in total. The molecular weight excluding hydrogens is 414 g/mol. The molecule has 0 radical (unpaired) electrons. The van der Waals surface area contributed by atoms with Crippen LogP contribution in [0.4, 0.5) is 5.69 Å². The van der Waals surface area contributed by atoms with Crippen LogP contribution in [0.2, 0.25) is 0 Å². The molecule has 1 spiro atoms.